The van der Waals surface area contributed by atoms with Gasteiger partial charge in [0.25, 0.3) is 5.91 Å². The second-order valence-electron chi connectivity index (χ2n) is 8.64. The third-order valence-corrected chi connectivity index (χ3v) is 6.73. The highest BCUT2D eigenvalue weighted by Crippen LogP contribution is 2.51. The maximum atomic E-state index is 14.5. The molecule has 0 bridgehead atoms. The fourth-order valence-electron chi connectivity index (χ4n) is 4.18. The molecule has 1 aliphatic heterocycles. The molecule has 2 N–H and O–H groups in total. The molecule has 0 spiro atoms. The monoisotopic (exact) mass is 553 g/mol. The fourth-order valence-corrected chi connectivity index (χ4v) is 4.46. The highest BCUT2D eigenvalue weighted by molar-refractivity contribution is 6.31. The molecule has 0 aliphatic carbocycles. The largest absolute Gasteiger partial charge is 0.482 e. The van der Waals surface area contributed by atoms with Gasteiger partial charge in [0.15, 0.2) is 12.2 Å². The lowest BCUT2D eigenvalue weighted by Gasteiger charge is -2.38. The van der Waals surface area contributed by atoms with Crippen LogP contribution in [-0.2, 0) is 10.4 Å². The number of carbonyl (C=O) groups is 2. The topological polar surface area (TPSA) is 96.3 Å². The van der Waals surface area contributed by atoms with Crippen molar-refractivity contribution in [1.82, 2.24) is 0 Å². The summed E-state index contributed by atoms with van der Waals surface area (Å²) in [6.45, 7) is 0.858. The Hall–Kier alpha value is -3.83. The molecule has 4 rings (SSSR count). The van der Waals surface area contributed by atoms with Crippen LogP contribution < -0.4 is 14.4 Å². The van der Waals surface area contributed by atoms with Gasteiger partial charge < -0.3 is 24.6 Å². The van der Waals surface area contributed by atoms with Crippen molar-refractivity contribution in [2.75, 3.05) is 18.6 Å². The number of carboxylic acid groups (broad SMARTS) is 1. The number of halogens is 5. The first-order chi connectivity index (χ1) is 17.7. The molecule has 12 heteroatoms. The number of aliphatic hydroxyl groups is 1. The molecule has 0 saturated heterocycles. The number of carboxylic acids is 1. The number of likely N-dealkylation sites (N-methyl/N-ethyl adjacent to an activating group) is 1. The van der Waals surface area contributed by atoms with E-state index in [2.05, 4.69) is 0 Å². The van der Waals surface area contributed by atoms with Gasteiger partial charge in [-0.2, -0.15) is 13.2 Å². The summed E-state index contributed by atoms with van der Waals surface area (Å²) in [4.78, 5) is 24.4. The molecule has 1 heterocycles. The van der Waals surface area contributed by atoms with Crippen LogP contribution in [0.1, 0.15) is 34.3 Å². The van der Waals surface area contributed by atoms with Crippen LogP contribution in [0.15, 0.2) is 54.6 Å². The van der Waals surface area contributed by atoms with Gasteiger partial charge in [0, 0.05) is 18.0 Å². The standard InChI is InChI=1S/C26H20ClF4NO6/c1-13(17-10-15(4-6-19(17)27)38-16-5-7-20(28)18(11-16)24(34)35)25(36,26(29,30)31)14-3-8-22-21(9-14)32(2)23(33)12-37-22/h3-11,13,36H,12H2,1-2H3,(H,34,35)/t13-,25-/m0/s1. The Bertz CT molecular complexity index is 1430. The molecule has 200 valence electrons. The second-order valence-corrected chi connectivity index (χ2v) is 9.05. The SMILES string of the molecule is C[C@@H](c1cc(Oc2ccc(F)c(C(=O)O)c2)ccc1Cl)[C@](O)(c1ccc2c(c1)N(C)C(=O)CO2)C(F)(F)F. The van der Waals surface area contributed by atoms with Gasteiger partial charge in [-0.3, -0.25) is 4.79 Å². The second kappa shape index (κ2) is 9.80. The molecule has 2 atom stereocenters. The van der Waals surface area contributed by atoms with Crippen LogP contribution in [0.2, 0.25) is 5.02 Å². The van der Waals surface area contributed by atoms with Gasteiger partial charge in [-0.05, 0) is 59.7 Å². The highest BCUT2D eigenvalue weighted by Gasteiger charge is 2.59. The van der Waals surface area contributed by atoms with Crippen molar-refractivity contribution >= 4 is 29.2 Å². The Morgan fingerprint density at radius 1 is 1.11 bits per heavy atom. The van der Waals surface area contributed by atoms with Crippen molar-refractivity contribution in [3.63, 3.8) is 0 Å². The Labute approximate surface area is 218 Å². The molecular weight excluding hydrogens is 534 g/mol. The Kier molecular flexibility index (Phi) is 7.02. The Morgan fingerprint density at radius 3 is 2.42 bits per heavy atom. The van der Waals surface area contributed by atoms with E-state index in [1.807, 2.05) is 0 Å². The highest BCUT2D eigenvalue weighted by atomic mass is 35.5. The van der Waals surface area contributed by atoms with Crippen molar-refractivity contribution in [1.29, 1.82) is 0 Å². The lowest BCUT2D eigenvalue weighted by Crippen LogP contribution is -2.47. The minimum atomic E-state index is -5.19. The van der Waals surface area contributed by atoms with Crippen LogP contribution in [-0.4, -0.2) is 41.9 Å². The van der Waals surface area contributed by atoms with E-state index in [0.717, 1.165) is 42.2 Å². The number of alkyl halides is 3. The van der Waals surface area contributed by atoms with E-state index in [-0.39, 0.29) is 40.1 Å². The number of ether oxygens (including phenoxy) is 2. The number of nitrogens with zero attached hydrogens (tertiary/aromatic N) is 1. The number of anilines is 1. The molecular formula is C26H20ClF4NO6. The number of benzene rings is 3. The van der Waals surface area contributed by atoms with E-state index < -0.39 is 46.5 Å². The lowest BCUT2D eigenvalue weighted by atomic mass is 9.77. The Morgan fingerprint density at radius 2 is 1.76 bits per heavy atom. The van der Waals surface area contributed by atoms with Crippen LogP contribution in [0, 0.1) is 5.82 Å². The van der Waals surface area contributed by atoms with E-state index in [9.17, 15) is 32.3 Å². The van der Waals surface area contributed by atoms with Crippen molar-refractivity contribution < 1.29 is 46.8 Å². The zero-order valence-electron chi connectivity index (χ0n) is 19.8. The summed E-state index contributed by atoms with van der Waals surface area (Å²) in [7, 11) is 1.38. The maximum absolute atomic E-state index is 14.5. The predicted octanol–water partition coefficient (Wildman–Crippen LogP) is 5.88. The summed E-state index contributed by atoms with van der Waals surface area (Å²) in [5.74, 6) is -4.62. The first-order valence-corrected chi connectivity index (χ1v) is 11.4. The summed E-state index contributed by atoms with van der Waals surface area (Å²) >= 11 is 6.25. The Balaban J connectivity index is 1.76. The summed E-state index contributed by atoms with van der Waals surface area (Å²) in [5, 5.41) is 20.3. The van der Waals surface area contributed by atoms with Crippen molar-refractivity contribution in [2.24, 2.45) is 0 Å². The van der Waals surface area contributed by atoms with Crippen LogP contribution >= 0.6 is 11.6 Å². The van der Waals surface area contributed by atoms with E-state index in [1.165, 1.54) is 31.3 Å². The summed E-state index contributed by atoms with van der Waals surface area (Å²) < 4.78 is 68.2. The minimum absolute atomic E-state index is 0.0344. The van der Waals surface area contributed by atoms with Gasteiger partial charge in [-0.15, -0.1) is 0 Å². The van der Waals surface area contributed by atoms with Crippen molar-refractivity contribution in [2.45, 2.75) is 24.6 Å². The zero-order chi connectivity index (χ0) is 28.0. The number of amides is 1. The third kappa shape index (κ3) is 4.74. The minimum Gasteiger partial charge on any atom is -0.482 e. The van der Waals surface area contributed by atoms with Gasteiger partial charge in [0.05, 0.1) is 11.3 Å². The third-order valence-electron chi connectivity index (χ3n) is 6.38. The summed E-state index contributed by atoms with van der Waals surface area (Å²) in [6.07, 6.45) is -5.19. The first kappa shape index (κ1) is 27.2. The number of hydrogen-bond donors (Lipinski definition) is 2. The molecule has 1 aliphatic rings. The van der Waals surface area contributed by atoms with Gasteiger partial charge in [0.1, 0.15) is 23.1 Å². The van der Waals surface area contributed by atoms with E-state index in [1.54, 1.807) is 0 Å². The first-order valence-electron chi connectivity index (χ1n) is 11.1. The maximum Gasteiger partial charge on any atom is 0.422 e. The normalized spacial score (nSPS) is 15.8. The van der Waals surface area contributed by atoms with Crippen LogP contribution in [0.25, 0.3) is 0 Å². The predicted molar refractivity (Wildman–Crippen MR) is 129 cm³/mol. The van der Waals surface area contributed by atoms with E-state index in [4.69, 9.17) is 26.2 Å². The van der Waals surface area contributed by atoms with Crippen LogP contribution in [0.3, 0.4) is 0 Å². The molecule has 3 aromatic rings. The summed E-state index contributed by atoms with van der Waals surface area (Å²) in [5.41, 5.74) is -4.74. The molecule has 0 unspecified atom stereocenters. The number of aromatic carboxylic acids is 1. The zero-order valence-corrected chi connectivity index (χ0v) is 20.6. The van der Waals surface area contributed by atoms with Crippen molar-refractivity contribution in [3.8, 4) is 17.2 Å². The lowest BCUT2D eigenvalue weighted by molar-refractivity contribution is -0.274. The molecule has 1 amide bonds. The van der Waals surface area contributed by atoms with Crippen molar-refractivity contribution in [3.05, 3.63) is 82.1 Å². The van der Waals surface area contributed by atoms with Gasteiger partial charge in [0.2, 0.25) is 0 Å². The molecule has 0 radical (unpaired) electrons. The number of fused-ring (bicyclic) bond motifs is 1. The van der Waals surface area contributed by atoms with Gasteiger partial charge >= 0.3 is 12.1 Å². The van der Waals surface area contributed by atoms with E-state index in [0.29, 0.717) is 0 Å². The average Bonchev–Trinajstić information content (AvgIpc) is 2.86. The molecule has 38 heavy (non-hydrogen) atoms. The van der Waals surface area contributed by atoms with E-state index >= 15 is 0 Å². The fraction of sp³-hybridized carbons (Fsp3) is 0.231. The number of hydrogen-bond acceptors (Lipinski definition) is 5. The van der Waals surface area contributed by atoms with Gasteiger partial charge in [-0.1, -0.05) is 24.6 Å². The summed E-state index contributed by atoms with van der Waals surface area (Å²) in [6, 6.07) is 10.1. The van der Waals surface area contributed by atoms with Crippen LogP contribution in [0.5, 0.6) is 17.2 Å². The smallest absolute Gasteiger partial charge is 0.422 e. The molecule has 0 saturated carbocycles. The van der Waals surface area contributed by atoms with Gasteiger partial charge in [-0.25, -0.2) is 9.18 Å². The number of carbonyl (C=O) groups excluding carboxylic acids is 1. The molecule has 7 nitrogen and oxygen atoms in total. The van der Waals surface area contributed by atoms with Crippen LogP contribution in [0.4, 0.5) is 23.2 Å². The number of rotatable bonds is 6. The molecule has 3 aromatic carbocycles. The molecule has 0 fully saturated rings. The molecule has 0 aromatic heterocycles. The average molecular weight is 554 g/mol. The quantitative estimate of drug-likeness (QED) is 0.370.